The van der Waals surface area contributed by atoms with Crippen molar-refractivity contribution in [2.24, 2.45) is 28.6 Å². The van der Waals surface area contributed by atoms with E-state index in [4.69, 9.17) is 12.2 Å². The molecular formula is C25H31N3O4. The van der Waals surface area contributed by atoms with Gasteiger partial charge in [-0.2, -0.15) is 4.98 Å². The number of anilines is 1. The largest absolute Gasteiger partial charge is 0.383 e. The fraction of sp³-hybridized carbons (Fsp3) is 0.640. The minimum absolute atomic E-state index is 0.0425. The van der Waals surface area contributed by atoms with Crippen LogP contribution in [0.25, 0.3) is 0 Å². The second-order valence-electron chi connectivity index (χ2n) is 10.9. The number of aliphatic hydroxyl groups is 2. The molecule has 5 rings (SSSR count). The van der Waals surface area contributed by atoms with Crippen LogP contribution in [0.4, 0.5) is 5.82 Å². The van der Waals surface area contributed by atoms with Crippen LogP contribution in [-0.2, 0) is 10.5 Å². The van der Waals surface area contributed by atoms with Gasteiger partial charge in [-0.25, -0.2) is 4.79 Å². The molecule has 0 saturated heterocycles. The number of carbonyl (C=O) groups excluding carboxylic acids is 1. The third kappa shape index (κ3) is 2.54. The van der Waals surface area contributed by atoms with E-state index < -0.39 is 27.8 Å². The molecule has 0 aliphatic heterocycles. The van der Waals surface area contributed by atoms with Gasteiger partial charge in [0.2, 0.25) is 0 Å². The molecule has 3 saturated carbocycles. The summed E-state index contributed by atoms with van der Waals surface area (Å²) in [5.41, 5.74) is 1.98. The number of nitrogen functional groups attached to an aromatic ring is 1. The lowest BCUT2D eigenvalue weighted by atomic mass is 9.44. The van der Waals surface area contributed by atoms with Gasteiger partial charge in [-0.05, 0) is 61.5 Å². The number of hydrogen-bond donors (Lipinski definition) is 3. The monoisotopic (exact) mass is 437 g/mol. The van der Waals surface area contributed by atoms with Crippen LogP contribution in [0.1, 0.15) is 58.8 Å². The molecule has 7 heteroatoms. The Balaban J connectivity index is 1.76. The third-order valence-electron chi connectivity index (χ3n) is 9.52. The van der Waals surface area contributed by atoms with Crippen molar-refractivity contribution in [2.45, 2.75) is 70.1 Å². The van der Waals surface area contributed by atoms with Crippen molar-refractivity contribution < 1.29 is 15.0 Å². The van der Waals surface area contributed by atoms with Crippen LogP contribution in [0.3, 0.4) is 0 Å². The Morgan fingerprint density at radius 2 is 1.97 bits per heavy atom. The first kappa shape index (κ1) is 21.4. The van der Waals surface area contributed by atoms with Crippen LogP contribution in [0, 0.1) is 40.9 Å². The number of carbonyl (C=O) groups is 1. The number of nitrogens with zero attached hydrogens (tertiary/aromatic N) is 2. The Kier molecular flexibility index (Phi) is 4.39. The molecule has 0 amide bonds. The lowest BCUT2D eigenvalue weighted by molar-refractivity contribution is -0.248. The fourth-order valence-corrected chi connectivity index (χ4v) is 8.01. The van der Waals surface area contributed by atoms with Gasteiger partial charge in [-0.1, -0.05) is 25.3 Å². The van der Waals surface area contributed by atoms with Crippen LogP contribution in [0.15, 0.2) is 28.7 Å². The molecule has 1 aromatic heterocycles. The van der Waals surface area contributed by atoms with Gasteiger partial charge in [0.05, 0.1) is 0 Å². The zero-order valence-electron chi connectivity index (χ0n) is 18.7. The van der Waals surface area contributed by atoms with Gasteiger partial charge >= 0.3 is 5.69 Å². The van der Waals surface area contributed by atoms with E-state index >= 15 is 0 Å². The molecule has 7 nitrogen and oxygen atoms in total. The summed E-state index contributed by atoms with van der Waals surface area (Å²) < 4.78 is 1.29. The van der Waals surface area contributed by atoms with Gasteiger partial charge in [0, 0.05) is 30.4 Å². The van der Waals surface area contributed by atoms with Crippen molar-refractivity contribution in [3.63, 3.8) is 0 Å². The molecule has 5 unspecified atom stereocenters. The smallest absolute Gasteiger partial charge is 0.351 e. The molecule has 1 aromatic rings. The second-order valence-corrected chi connectivity index (χ2v) is 10.9. The average molecular weight is 438 g/mol. The second kappa shape index (κ2) is 6.55. The fourth-order valence-electron chi connectivity index (χ4n) is 8.01. The Morgan fingerprint density at radius 1 is 1.22 bits per heavy atom. The van der Waals surface area contributed by atoms with E-state index in [9.17, 15) is 19.8 Å². The van der Waals surface area contributed by atoms with E-state index in [0.29, 0.717) is 19.3 Å². The van der Waals surface area contributed by atoms with Crippen LogP contribution < -0.4 is 11.4 Å². The van der Waals surface area contributed by atoms with E-state index in [-0.39, 0.29) is 35.8 Å². The highest BCUT2D eigenvalue weighted by Crippen LogP contribution is 2.70. The van der Waals surface area contributed by atoms with Crippen LogP contribution in [-0.4, -0.2) is 31.1 Å². The average Bonchev–Trinajstić information content (AvgIpc) is 2.98. The molecule has 4 aliphatic carbocycles. The van der Waals surface area contributed by atoms with E-state index in [1.165, 1.54) is 16.8 Å². The van der Waals surface area contributed by atoms with Gasteiger partial charge in [-0.15, -0.1) is 6.42 Å². The lowest BCUT2D eigenvalue weighted by Crippen LogP contribution is -2.66. The summed E-state index contributed by atoms with van der Waals surface area (Å²) in [4.78, 5) is 29.1. The van der Waals surface area contributed by atoms with E-state index in [1.54, 1.807) is 6.08 Å². The molecule has 32 heavy (non-hydrogen) atoms. The van der Waals surface area contributed by atoms with Crippen molar-refractivity contribution in [2.75, 3.05) is 5.73 Å². The molecule has 0 spiro atoms. The third-order valence-corrected chi connectivity index (χ3v) is 9.52. The summed E-state index contributed by atoms with van der Waals surface area (Å²) in [6.07, 6.45) is 13.1. The summed E-state index contributed by atoms with van der Waals surface area (Å²) in [7, 11) is 0. The van der Waals surface area contributed by atoms with Crippen molar-refractivity contribution in [3.05, 3.63) is 34.4 Å². The number of allylic oxidation sites excluding steroid dienone is 1. The standard InChI is InChI=1S/C25H31N3O4/c1-4-24(31)11-8-18-17-6-5-15-13-16(29)7-10-22(15,2)20(17)25(32,14-23(18,24)3)28-12-9-19(26)27-21(28)30/h1,9,12-13,17-18,20,31-32H,5-8,10-11,14H2,2-3H3,(H2,26,27,30)/t17?,18?,20?,22?,23?,24-,25-/m0/s1. The molecule has 0 bridgehead atoms. The Morgan fingerprint density at radius 3 is 2.66 bits per heavy atom. The number of hydrogen-bond acceptors (Lipinski definition) is 6. The number of aromatic nitrogens is 2. The zero-order valence-corrected chi connectivity index (χ0v) is 18.7. The first-order valence-electron chi connectivity index (χ1n) is 11.5. The van der Waals surface area contributed by atoms with Gasteiger partial charge in [0.15, 0.2) is 5.78 Å². The number of fused-ring (bicyclic) bond motifs is 5. The number of rotatable bonds is 1. The molecule has 0 radical (unpaired) electrons. The van der Waals surface area contributed by atoms with Crippen molar-refractivity contribution >= 4 is 11.6 Å². The van der Waals surface area contributed by atoms with Gasteiger partial charge in [-0.3, -0.25) is 9.36 Å². The molecule has 0 aromatic carbocycles. The first-order chi connectivity index (χ1) is 15.0. The van der Waals surface area contributed by atoms with Crippen LogP contribution in [0.5, 0.6) is 0 Å². The Bertz CT molecular complexity index is 1130. The summed E-state index contributed by atoms with van der Waals surface area (Å²) in [5, 5.41) is 24.0. The highest BCUT2D eigenvalue weighted by atomic mass is 16.3. The van der Waals surface area contributed by atoms with Gasteiger partial charge < -0.3 is 15.9 Å². The van der Waals surface area contributed by atoms with E-state index in [0.717, 1.165) is 24.8 Å². The van der Waals surface area contributed by atoms with Crippen molar-refractivity contribution in [1.29, 1.82) is 0 Å². The van der Waals surface area contributed by atoms with Gasteiger partial charge in [0.25, 0.3) is 0 Å². The predicted molar refractivity (Wildman–Crippen MR) is 119 cm³/mol. The predicted octanol–water partition coefficient (Wildman–Crippen LogP) is 1.98. The number of nitrogens with two attached hydrogens (primary N) is 1. The topological polar surface area (TPSA) is 118 Å². The molecule has 1 heterocycles. The normalized spacial score (nSPS) is 45.3. The summed E-state index contributed by atoms with van der Waals surface area (Å²) >= 11 is 0. The maximum absolute atomic E-state index is 13.0. The highest BCUT2D eigenvalue weighted by Gasteiger charge is 2.71. The molecule has 4 aliphatic rings. The van der Waals surface area contributed by atoms with Crippen LogP contribution in [0.2, 0.25) is 0 Å². The van der Waals surface area contributed by atoms with E-state index in [2.05, 4.69) is 17.8 Å². The van der Waals surface area contributed by atoms with Crippen LogP contribution >= 0.6 is 0 Å². The first-order valence-corrected chi connectivity index (χ1v) is 11.5. The summed E-state index contributed by atoms with van der Waals surface area (Å²) in [5.74, 6) is 2.67. The Hall–Kier alpha value is -2.43. The number of ketones is 1. The molecule has 4 N–H and O–H groups in total. The lowest BCUT2D eigenvalue weighted by Gasteiger charge is -2.64. The molecular weight excluding hydrogens is 406 g/mol. The van der Waals surface area contributed by atoms with E-state index in [1.807, 2.05) is 6.92 Å². The number of terminal acetylenes is 1. The molecule has 7 atom stereocenters. The zero-order chi connectivity index (χ0) is 23.1. The van der Waals surface area contributed by atoms with Gasteiger partial charge in [0.1, 0.15) is 17.1 Å². The maximum Gasteiger partial charge on any atom is 0.351 e. The highest BCUT2D eigenvalue weighted by molar-refractivity contribution is 5.91. The maximum atomic E-state index is 13.0. The Labute approximate surface area is 187 Å². The minimum Gasteiger partial charge on any atom is -0.383 e. The summed E-state index contributed by atoms with van der Waals surface area (Å²) in [6, 6.07) is 1.51. The van der Waals surface area contributed by atoms with Crippen molar-refractivity contribution in [1.82, 2.24) is 9.55 Å². The SMILES string of the molecule is C#C[C@]1(O)CCC2C3CCC4=CC(=O)CCC4(C)C3[C@](O)(n3ccc(N)nc3=O)CC21C. The molecule has 3 fully saturated rings. The minimum atomic E-state index is -1.63. The molecule has 170 valence electrons. The summed E-state index contributed by atoms with van der Waals surface area (Å²) in [6.45, 7) is 4.08. The van der Waals surface area contributed by atoms with Crippen molar-refractivity contribution in [3.8, 4) is 12.3 Å². The quantitative estimate of drug-likeness (QED) is 0.578.